The van der Waals surface area contributed by atoms with Gasteiger partial charge in [-0.3, -0.25) is 0 Å². The van der Waals surface area contributed by atoms with Crippen LogP contribution in [0.5, 0.6) is 0 Å². The molecule has 0 saturated heterocycles. The molecule has 2 heteroatoms. The van der Waals surface area contributed by atoms with Crippen molar-refractivity contribution in [3.05, 3.63) is 108 Å². The van der Waals surface area contributed by atoms with Crippen LogP contribution in [0.25, 0.3) is 0 Å². The SMILES string of the molecule is BrCCSC(c1ccccc1)(c1ccccc1)c1ccccc1. The highest BCUT2D eigenvalue weighted by Gasteiger charge is 2.36. The Labute approximate surface area is 151 Å². The van der Waals surface area contributed by atoms with Crippen molar-refractivity contribution in [3.8, 4) is 0 Å². The molecule has 0 aromatic heterocycles. The summed E-state index contributed by atoms with van der Waals surface area (Å²) in [6, 6.07) is 32.4. The average molecular weight is 383 g/mol. The topological polar surface area (TPSA) is 0 Å². The summed E-state index contributed by atoms with van der Waals surface area (Å²) in [4.78, 5) is 0. The van der Waals surface area contributed by atoms with Gasteiger partial charge >= 0.3 is 0 Å². The van der Waals surface area contributed by atoms with Crippen molar-refractivity contribution in [2.45, 2.75) is 4.75 Å². The monoisotopic (exact) mass is 382 g/mol. The number of alkyl halides is 1. The maximum absolute atomic E-state index is 3.60. The molecule has 0 aliphatic rings. The molecule has 3 aromatic rings. The number of thioether (sulfide) groups is 1. The van der Waals surface area contributed by atoms with Crippen LogP contribution in [-0.2, 0) is 4.75 Å². The fourth-order valence-corrected chi connectivity index (χ4v) is 4.74. The first-order valence-electron chi connectivity index (χ1n) is 7.74. The molecular formula is C21H19BrS. The zero-order valence-electron chi connectivity index (χ0n) is 12.9. The Morgan fingerprint density at radius 1 is 0.609 bits per heavy atom. The molecule has 0 spiro atoms. The van der Waals surface area contributed by atoms with Crippen LogP contribution < -0.4 is 0 Å². The minimum atomic E-state index is -0.183. The summed E-state index contributed by atoms with van der Waals surface area (Å²) < 4.78 is -0.183. The van der Waals surface area contributed by atoms with Crippen molar-refractivity contribution in [1.29, 1.82) is 0 Å². The lowest BCUT2D eigenvalue weighted by molar-refractivity contribution is 0.895. The molecule has 0 radical (unpaired) electrons. The fraction of sp³-hybridized carbons (Fsp3) is 0.143. The zero-order valence-corrected chi connectivity index (χ0v) is 15.3. The van der Waals surface area contributed by atoms with E-state index < -0.39 is 0 Å². The molecular weight excluding hydrogens is 364 g/mol. The molecule has 0 saturated carbocycles. The fourth-order valence-electron chi connectivity index (χ4n) is 2.96. The summed E-state index contributed by atoms with van der Waals surface area (Å²) in [5, 5.41) is 0.978. The highest BCUT2D eigenvalue weighted by atomic mass is 79.9. The van der Waals surface area contributed by atoms with Gasteiger partial charge in [-0.05, 0) is 16.7 Å². The number of hydrogen-bond acceptors (Lipinski definition) is 1. The van der Waals surface area contributed by atoms with Crippen molar-refractivity contribution in [3.63, 3.8) is 0 Å². The van der Waals surface area contributed by atoms with Gasteiger partial charge in [0.15, 0.2) is 0 Å². The van der Waals surface area contributed by atoms with Gasteiger partial charge in [0.2, 0.25) is 0 Å². The van der Waals surface area contributed by atoms with Crippen molar-refractivity contribution < 1.29 is 0 Å². The number of benzene rings is 3. The van der Waals surface area contributed by atoms with E-state index in [-0.39, 0.29) is 4.75 Å². The maximum Gasteiger partial charge on any atom is 0.0907 e. The summed E-state index contributed by atoms with van der Waals surface area (Å²) >= 11 is 5.58. The second kappa shape index (κ2) is 7.85. The molecule has 0 atom stereocenters. The second-order valence-corrected chi connectivity index (χ2v) is 7.42. The molecule has 0 unspecified atom stereocenters. The molecule has 0 amide bonds. The van der Waals surface area contributed by atoms with E-state index in [9.17, 15) is 0 Å². The molecule has 116 valence electrons. The summed E-state index contributed by atoms with van der Waals surface area (Å²) in [5.74, 6) is 1.04. The molecule has 0 fully saturated rings. The zero-order chi connectivity index (χ0) is 16.0. The van der Waals surface area contributed by atoms with Crippen LogP contribution in [0.3, 0.4) is 0 Å². The Kier molecular flexibility index (Phi) is 5.58. The number of halogens is 1. The third-order valence-electron chi connectivity index (χ3n) is 3.94. The summed E-state index contributed by atoms with van der Waals surface area (Å²) in [7, 11) is 0. The molecule has 0 aliphatic carbocycles. The van der Waals surface area contributed by atoms with Crippen LogP contribution in [0.2, 0.25) is 0 Å². The molecule has 23 heavy (non-hydrogen) atoms. The van der Waals surface area contributed by atoms with E-state index in [2.05, 4.69) is 107 Å². The average Bonchev–Trinajstić information content (AvgIpc) is 2.65. The lowest BCUT2D eigenvalue weighted by Crippen LogP contribution is -2.26. The van der Waals surface area contributed by atoms with E-state index in [0.29, 0.717) is 0 Å². The van der Waals surface area contributed by atoms with Crippen LogP contribution >= 0.6 is 27.7 Å². The summed E-state index contributed by atoms with van der Waals surface area (Å²) in [6.45, 7) is 0. The molecule has 3 aromatic carbocycles. The van der Waals surface area contributed by atoms with Gasteiger partial charge in [-0.15, -0.1) is 11.8 Å². The van der Waals surface area contributed by atoms with Crippen LogP contribution in [0, 0.1) is 0 Å². The first-order valence-corrected chi connectivity index (χ1v) is 9.85. The van der Waals surface area contributed by atoms with Gasteiger partial charge in [0.05, 0.1) is 4.75 Å². The lowest BCUT2D eigenvalue weighted by Gasteiger charge is -2.35. The van der Waals surface area contributed by atoms with E-state index in [1.807, 2.05) is 11.8 Å². The standard InChI is InChI=1S/C21H19BrS/c22-16-17-23-21(18-10-4-1-5-11-18,19-12-6-2-7-13-19)20-14-8-3-9-15-20/h1-15H,16-17H2. The normalized spacial score (nSPS) is 11.3. The predicted octanol–water partition coefficient (Wildman–Crippen LogP) is 6.11. The number of hydrogen-bond donors (Lipinski definition) is 0. The molecule has 0 nitrogen and oxygen atoms in total. The van der Waals surface area contributed by atoms with Gasteiger partial charge in [0.25, 0.3) is 0 Å². The molecule has 0 heterocycles. The first-order chi connectivity index (χ1) is 11.4. The van der Waals surface area contributed by atoms with Gasteiger partial charge in [0.1, 0.15) is 0 Å². The van der Waals surface area contributed by atoms with Crippen molar-refractivity contribution >= 4 is 27.7 Å². The highest BCUT2D eigenvalue weighted by Crippen LogP contribution is 2.48. The Hall–Kier alpha value is -1.51. The van der Waals surface area contributed by atoms with Gasteiger partial charge in [-0.25, -0.2) is 0 Å². The van der Waals surface area contributed by atoms with E-state index in [1.54, 1.807) is 0 Å². The molecule has 0 bridgehead atoms. The number of rotatable bonds is 6. The van der Waals surface area contributed by atoms with E-state index >= 15 is 0 Å². The van der Waals surface area contributed by atoms with Crippen LogP contribution in [0.4, 0.5) is 0 Å². The van der Waals surface area contributed by atoms with Gasteiger partial charge in [0, 0.05) is 11.1 Å². The van der Waals surface area contributed by atoms with Crippen molar-refractivity contribution in [1.82, 2.24) is 0 Å². The van der Waals surface area contributed by atoms with Crippen molar-refractivity contribution in [2.75, 3.05) is 11.1 Å². The molecule has 3 rings (SSSR count). The minimum Gasteiger partial charge on any atom is -0.140 e. The highest BCUT2D eigenvalue weighted by molar-refractivity contribution is 9.09. The lowest BCUT2D eigenvalue weighted by atomic mass is 9.84. The van der Waals surface area contributed by atoms with Crippen molar-refractivity contribution in [2.24, 2.45) is 0 Å². The Bertz CT molecular complexity index is 614. The first kappa shape index (κ1) is 16.4. The van der Waals surface area contributed by atoms with E-state index in [4.69, 9.17) is 0 Å². The predicted molar refractivity (Wildman–Crippen MR) is 105 cm³/mol. The molecule has 0 N–H and O–H groups in total. The Morgan fingerprint density at radius 3 is 1.26 bits per heavy atom. The van der Waals surface area contributed by atoms with Gasteiger partial charge < -0.3 is 0 Å². The third kappa shape index (κ3) is 3.39. The van der Waals surface area contributed by atoms with E-state index in [0.717, 1.165) is 11.1 Å². The Morgan fingerprint density at radius 2 is 0.957 bits per heavy atom. The quantitative estimate of drug-likeness (QED) is 0.366. The minimum absolute atomic E-state index is 0.183. The second-order valence-electron chi connectivity index (χ2n) is 5.32. The smallest absolute Gasteiger partial charge is 0.0907 e. The van der Waals surface area contributed by atoms with Crippen LogP contribution in [0.1, 0.15) is 16.7 Å². The van der Waals surface area contributed by atoms with Gasteiger partial charge in [-0.1, -0.05) is 107 Å². The largest absolute Gasteiger partial charge is 0.140 e. The van der Waals surface area contributed by atoms with Crippen LogP contribution in [-0.4, -0.2) is 11.1 Å². The van der Waals surface area contributed by atoms with E-state index in [1.165, 1.54) is 16.7 Å². The third-order valence-corrected chi connectivity index (χ3v) is 6.41. The molecule has 0 aliphatic heterocycles. The summed E-state index contributed by atoms with van der Waals surface area (Å²) in [5.41, 5.74) is 3.97. The summed E-state index contributed by atoms with van der Waals surface area (Å²) in [6.07, 6.45) is 0. The van der Waals surface area contributed by atoms with Crippen LogP contribution in [0.15, 0.2) is 91.0 Å². The van der Waals surface area contributed by atoms with Gasteiger partial charge in [-0.2, -0.15) is 0 Å². The maximum atomic E-state index is 3.60. The Balaban J connectivity index is 2.25.